The molecule has 1 fully saturated rings. The lowest BCUT2D eigenvalue weighted by atomic mass is 10.1. The number of benzene rings is 1. The van der Waals surface area contributed by atoms with Gasteiger partial charge < -0.3 is 10.6 Å². The quantitative estimate of drug-likeness (QED) is 0.740. The van der Waals surface area contributed by atoms with E-state index in [1.807, 2.05) is 13.8 Å². The number of rotatable bonds is 6. The van der Waals surface area contributed by atoms with Crippen molar-refractivity contribution in [1.29, 1.82) is 0 Å². The van der Waals surface area contributed by atoms with Crippen LogP contribution < -0.4 is 10.6 Å². The van der Waals surface area contributed by atoms with E-state index in [-0.39, 0.29) is 11.7 Å². The molecule has 1 aliphatic rings. The lowest BCUT2D eigenvalue weighted by Crippen LogP contribution is -2.17. The van der Waals surface area contributed by atoms with Crippen molar-refractivity contribution in [3.8, 4) is 0 Å². The smallest absolute Gasteiger partial charge is 0.352 e. The number of nitrogens with one attached hydrogen (secondary N) is 2. The molecule has 2 N–H and O–H groups in total. The van der Waals surface area contributed by atoms with Gasteiger partial charge in [-0.25, -0.2) is 4.98 Å². The normalized spacial score (nSPS) is 15.7. The van der Waals surface area contributed by atoms with Crippen LogP contribution in [0.15, 0.2) is 30.3 Å². The summed E-state index contributed by atoms with van der Waals surface area (Å²) in [4.78, 5) is 8.86. The standard InChI is InChI=1S/C18H21F3N4/c1-3-11(2)22-17-24-15(12-8-9-12)10-16(25-17)23-14-7-5-4-6-13(14)18(19,20)21/h4-7,10-12H,3,8-9H2,1-2H3,(H2,22,23,24,25)/t11-/m0/s1. The molecule has 1 atom stereocenters. The van der Waals surface area contributed by atoms with Crippen molar-refractivity contribution in [2.75, 3.05) is 10.6 Å². The van der Waals surface area contributed by atoms with Crippen molar-refractivity contribution in [1.82, 2.24) is 9.97 Å². The summed E-state index contributed by atoms with van der Waals surface area (Å²) in [5, 5.41) is 6.02. The van der Waals surface area contributed by atoms with Crippen LogP contribution in [0.25, 0.3) is 0 Å². The SMILES string of the molecule is CC[C@H](C)Nc1nc(Nc2ccccc2C(F)(F)F)cc(C2CC2)n1. The fourth-order valence-corrected chi connectivity index (χ4v) is 2.48. The molecule has 1 aromatic carbocycles. The van der Waals surface area contributed by atoms with E-state index in [1.165, 1.54) is 12.1 Å². The molecule has 0 aliphatic heterocycles. The van der Waals surface area contributed by atoms with E-state index in [1.54, 1.807) is 12.1 Å². The minimum atomic E-state index is -4.42. The number of anilines is 3. The molecule has 7 heteroatoms. The number of para-hydroxylation sites is 1. The third-order valence-electron chi connectivity index (χ3n) is 4.22. The average Bonchev–Trinajstić information content (AvgIpc) is 3.39. The summed E-state index contributed by atoms with van der Waals surface area (Å²) < 4.78 is 39.5. The molecular weight excluding hydrogens is 329 g/mol. The van der Waals surface area contributed by atoms with Crippen LogP contribution in [-0.4, -0.2) is 16.0 Å². The van der Waals surface area contributed by atoms with Crippen molar-refractivity contribution >= 4 is 17.5 Å². The molecule has 0 radical (unpaired) electrons. The average molecular weight is 350 g/mol. The van der Waals surface area contributed by atoms with Gasteiger partial charge in [-0.1, -0.05) is 19.1 Å². The van der Waals surface area contributed by atoms with E-state index in [9.17, 15) is 13.2 Å². The van der Waals surface area contributed by atoms with Crippen LogP contribution in [0, 0.1) is 0 Å². The molecule has 3 rings (SSSR count). The first-order valence-electron chi connectivity index (χ1n) is 8.45. The third-order valence-corrected chi connectivity index (χ3v) is 4.22. The molecule has 25 heavy (non-hydrogen) atoms. The van der Waals surface area contributed by atoms with Gasteiger partial charge in [0.25, 0.3) is 0 Å². The van der Waals surface area contributed by atoms with E-state index in [0.717, 1.165) is 31.0 Å². The van der Waals surface area contributed by atoms with E-state index in [0.29, 0.717) is 17.7 Å². The molecule has 0 spiro atoms. The van der Waals surface area contributed by atoms with E-state index in [2.05, 4.69) is 20.6 Å². The van der Waals surface area contributed by atoms with Gasteiger partial charge in [0, 0.05) is 18.0 Å². The van der Waals surface area contributed by atoms with Gasteiger partial charge in [-0.2, -0.15) is 18.2 Å². The van der Waals surface area contributed by atoms with Crippen molar-refractivity contribution in [2.45, 2.75) is 51.2 Å². The first-order valence-corrected chi connectivity index (χ1v) is 8.45. The van der Waals surface area contributed by atoms with Gasteiger partial charge in [0.15, 0.2) is 0 Å². The number of hydrogen-bond donors (Lipinski definition) is 2. The van der Waals surface area contributed by atoms with Crippen molar-refractivity contribution in [2.24, 2.45) is 0 Å². The summed E-state index contributed by atoms with van der Waals surface area (Å²) in [7, 11) is 0. The van der Waals surface area contributed by atoms with Crippen LogP contribution in [0.2, 0.25) is 0 Å². The minimum Gasteiger partial charge on any atom is -0.352 e. The van der Waals surface area contributed by atoms with Gasteiger partial charge in [0.05, 0.1) is 16.9 Å². The zero-order chi connectivity index (χ0) is 18.0. The fourth-order valence-electron chi connectivity index (χ4n) is 2.48. The molecule has 2 aromatic rings. The van der Waals surface area contributed by atoms with Gasteiger partial charge in [-0.05, 0) is 38.3 Å². The van der Waals surface area contributed by atoms with Crippen LogP contribution in [0.4, 0.5) is 30.6 Å². The maximum Gasteiger partial charge on any atom is 0.418 e. The molecule has 1 heterocycles. The second-order valence-electron chi connectivity index (χ2n) is 6.40. The van der Waals surface area contributed by atoms with Crippen molar-refractivity contribution in [3.63, 3.8) is 0 Å². The monoisotopic (exact) mass is 350 g/mol. The van der Waals surface area contributed by atoms with Gasteiger partial charge in [-0.3, -0.25) is 0 Å². The van der Waals surface area contributed by atoms with Gasteiger partial charge in [0.2, 0.25) is 5.95 Å². The van der Waals surface area contributed by atoms with Crippen LogP contribution in [0.3, 0.4) is 0 Å². The van der Waals surface area contributed by atoms with E-state index in [4.69, 9.17) is 0 Å². The molecule has 1 saturated carbocycles. The van der Waals surface area contributed by atoms with Gasteiger partial charge >= 0.3 is 6.18 Å². The highest BCUT2D eigenvalue weighted by Crippen LogP contribution is 2.41. The molecule has 1 aliphatic carbocycles. The predicted molar refractivity (Wildman–Crippen MR) is 92.1 cm³/mol. The Morgan fingerprint density at radius 2 is 1.92 bits per heavy atom. The summed E-state index contributed by atoms with van der Waals surface area (Å²) in [6.07, 6.45) is -1.42. The Balaban J connectivity index is 1.92. The lowest BCUT2D eigenvalue weighted by molar-refractivity contribution is -0.136. The van der Waals surface area contributed by atoms with Crippen molar-refractivity contribution < 1.29 is 13.2 Å². The molecule has 1 aromatic heterocycles. The summed E-state index contributed by atoms with van der Waals surface area (Å²) in [6.45, 7) is 4.06. The number of hydrogen-bond acceptors (Lipinski definition) is 4. The minimum absolute atomic E-state index is 0.00932. The molecule has 4 nitrogen and oxygen atoms in total. The zero-order valence-corrected chi connectivity index (χ0v) is 14.2. The Labute approximate surface area is 144 Å². The first kappa shape index (κ1) is 17.5. The molecule has 0 saturated heterocycles. The zero-order valence-electron chi connectivity index (χ0n) is 14.2. The van der Waals surface area contributed by atoms with Gasteiger partial charge in [0.1, 0.15) is 5.82 Å². The van der Waals surface area contributed by atoms with E-state index >= 15 is 0 Å². The van der Waals surface area contributed by atoms with Crippen LogP contribution in [-0.2, 0) is 6.18 Å². The third kappa shape index (κ3) is 4.41. The summed E-state index contributed by atoms with van der Waals surface area (Å²) >= 11 is 0. The summed E-state index contributed by atoms with van der Waals surface area (Å²) in [6, 6.07) is 7.34. The summed E-state index contributed by atoms with van der Waals surface area (Å²) in [5.41, 5.74) is 0.149. The second-order valence-corrected chi connectivity index (χ2v) is 6.40. The number of alkyl halides is 3. The molecule has 0 bridgehead atoms. The maximum absolute atomic E-state index is 13.2. The maximum atomic E-state index is 13.2. The van der Waals surface area contributed by atoms with Crippen LogP contribution >= 0.6 is 0 Å². The number of halogens is 3. The Morgan fingerprint density at radius 3 is 2.56 bits per heavy atom. The number of aromatic nitrogens is 2. The Kier molecular flexibility index (Phi) is 4.83. The Hall–Kier alpha value is -2.31. The summed E-state index contributed by atoms with van der Waals surface area (Å²) in [5.74, 6) is 1.20. The lowest BCUT2D eigenvalue weighted by Gasteiger charge is -2.16. The van der Waals surface area contributed by atoms with Crippen LogP contribution in [0.5, 0.6) is 0 Å². The highest BCUT2D eigenvalue weighted by molar-refractivity contribution is 5.62. The highest BCUT2D eigenvalue weighted by atomic mass is 19.4. The molecule has 0 unspecified atom stereocenters. The Morgan fingerprint density at radius 1 is 1.20 bits per heavy atom. The molecule has 134 valence electrons. The van der Waals surface area contributed by atoms with Crippen molar-refractivity contribution in [3.05, 3.63) is 41.6 Å². The number of nitrogens with zero attached hydrogens (tertiary/aromatic N) is 2. The molecule has 0 amide bonds. The Bertz CT molecular complexity index is 741. The second kappa shape index (κ2) is 6.90. The van der Waals surface area contributed by atoms with Gasteiger partial charge in [-0.15, -0.1) is 0 Å². The fraction of sp³-hybridized carbons (Fsp3) is 0.444. The van der Waals surface area contributed by atoms with E-state index < -0.39 is 11.7 Å². The topological polar surface area (TPSA) is 49.8 Å². The van der Waals surface area contributed by atoms with Crippen LogP contribution in [0.1, 0.15) is 50.3 Å². The largest absolute Gasteiger partial charge is 0.418 e. The molecular formula is C18H21F3N4. The predicted octanol–water partition coefficient (Wildman–Crippen LogP) is 5.33. The highest BCUT2D eigenvalue weighted by Gasteiger charge is 2.33. The first-order chi connectivity index (χ1) is 11.9.